The Morgan fingerprint density at radius 3 is 2.04 bits per heavy atom. The minimum Gasteiger partial charge on any atom is -0.325 e. The molecule has 5 nitrogen and oxygen atoms in total. The SMILES string of the molecule is C[C@@H]1C(=O)Nc2ccc(S(=O)(=O)NC(c3ccccc3)c3ccccc3)cc21. The topological polar surface area (TPSA) is 75.3 Å². The first-order chi connectivity index (χ1) is 13.5. The smallest absolute Gasteiger partial charge is 0.241 e. The van der Waals surface area contributed by atoms with Crippen molar-refractivity contribution in [2.75, 3.05) is 5.32 Å². The number of hydrogen-bond acceptors (Lipinski definition) is 3. The number of rotatable bonds is 5. The number of fused-ring (bicyclic) bond motifs is 1. The van der Waals surface area contributed by atoms with E-state index in [-0.39, 0.29) is 16.7 Å². The van der Waals surface area contributed by atoms with E-state index in [0.29, 0.717) is 11.3 Å². The highest BCUT2D eigenvalue weighted by molar-refractivity contribution is 7.89. The molecule has 4 rings (SSSR count). The lowest BCUT2D eigenvalue weighted by molar-refractivity contribution is -0.116. The number of hydrogen-bond donors (Lipinski definition) is 2. The average molecular weight is 392 g/mol. The van der Waals surface area contributed by atoms with Gasteiger partial charge in [0.2, 0.25) is 15.9 Å². The molecule has 6 heteroatoms. The van der Waals surface area contributed by atoms with Crippen molar-refractivity contribution >= 4 is 21.6 Å². The van der Waals surface area contributed by atoms with E-state index < -0.39 is 16.1 Å². The van der Waals surface area contributed by atoms with Gasteiger partial charge in [0.15, 0.2) is 0 Å². The van der Waals surface area contributed by atoms with E-state index in [9.17, 15) is 13.2 Å². The third kappa shape index (κ3) is 3.44. The number of amides is 1. The van der Waals surface area contributed by atoms with Crippen LogP contribution in [0.3, 0.4) is 0 Å². The van der Waals surface area contributed by atoms with E-state index in [4.69, 9.17) is 0 Å². The van der Waals surface area contributed by atoms with E-state index in [1.54, 1.807) is 19.1 Å². The summed E-state index contributed by atoms with van der Waals surface area (Å²) in [4.78, 5) is 12.0. The van der Waals surface area contributed by atoms with Gasteiger partial charge in [-0.1, -0.05) is 60.7 Å². The van der Waals surface area contributed by atoms with Gasteiger partial charge in [-0.05, 0) is 41.8 Å². The minimum atomic E-state index is -3.81. The fraction of sp³-hybridized carbons (Fsp3) is 0.136. The standard InChI is InChI=1S/C22H20N2O3S/c1-15-19-14-18(12-13-20(19)23-22(15)25)28(26,27)24-21(16-8-4-2-5-9-16)17-10-6-3-7-11-17/h2-15,21,24H,1H3,(H,23,25)/t15-/m0/s1. The number of benzene rings is 3. The Morgan fingerprint density at radius 2 is 1.46 bits per heavy atom. The molecule has 142 valence electrons. The van der Waals surface area contributed by atoms with E-state index in [2.05, 4.69) is 10.0 Å². The van der Waals surface area contributed by atoms with Crippen molar-refractivity contribution in [3.05, 3.63) is 95.6 Å². The summed E-state index contributed by atoms with van der Waals surface area (Å²) in [6.45, 7) is 1.77. The Labute approximate surface area is 164 Å². The lowest BCUT2D eigenvalue weighted by Crippen LogP contribution is -2.29. The third-order valence-electron chi connectivity index (χ3n) is 4.99. The van der Waals surface area contributed by atoms with Crippen LogP contribution in [0, 0.1) is 0 Å². The predicted octanol–water partition coefficient (Wildman–Crippen LogP) is 3.81. The number of carbonyl (C=O) groups is 1. The van der Waals surface area contributed by atoms with Crippen molar-refractivity contribution in [3.8, 4) is 0 Å². The monoisotopic (exact) mass is 392 g/mol. The predicted molar refractivity (Wildman–Crippen MR) is 109 cm³/mol. The molecular weight excluding hydrogens is 372 g/mol. The van der Waals surface area contributed by atoms with Gasteiger partial charge in [-0.15, -0.1) is 0 Å². The highest BCUT2D eigenvalue weighted by Gasteiger charge is 2.29. The largest absolute Gasteiger partial charge is 0.325 e. The minimum absolute atomic E-state index is 0.121. The molecule has 3 aromatic rings. The molecule has 2 N–H and O–H groups in total. The molecule has 0 fully saturated rings. The first kappa shape index (κ1) is 18.4. The van der Waals surface area contributed by atoms with Gasteiger partial charge < -0.3 is 5.32 Å². The number of nitrogens with one attached hydrogen (secondary N) is 2. The van der Waals surface area contributed by atoms with Crippen molar-refractivity contribution in [3.63, 3.8) is 0 Å². The molecule has 0 saturated carbocycles. The molecule has 0 spiro atoms. The van der Waals surface area contributed by atoms with Gasteiger partial charge in [-0.2, -0.15) is 4.72 Å². The lowest BCUT2D eigenvalue weighted by atomic mass is 10.00. The molecular formula is C22H20N2O3S. The lowest BCUT2D eigenvalue weighted by Gasteiger charge is -2.20. The maximum Gasteiger partial charge on any atom is 0.241 e. The number of carbonyl (C=O) groups excluding carboxylic acids is 1. The zero-order chi connectivity index (χ0) is 19.7. The van der Waals surface area contributed by atoms with Gasteiger partial charge in [0.05, 0.1) is 16.9 Å². The molecule has 0 aromatic heterocycles. The number of anilines is 1. The third-order valence-corrected chi connectivity index (χ3v) is 6.41. The van der Waals surface area contributed by atoms with Crippen LogP contribution in [0.5, 0.6) is 0 Å². The Bertz CT molecular complexity index is 1070. The first-order valence-corrected chi connectivity index (χ1v) is 10.5. The second-order valence-electron chi connectivity index (χ2n) is 6.84. The van der Waals surface area contributed by atoms with Crippen molar-refractivity contribution in [2.24, 2.45) is 0 Å². The highest BCUT2D eigenvalue weighted by atomic mass is 32.2. The molecule has 0 bridgehead atoms. The summed E-state index contributed by atoms with van der Waals surface area (Å²) in [5.74, 6) is -0.492. The van der Waals surface area contributed by atoms with E-state index >= 15 is 0 Å². The first-order valence-electron chi connectivity index (χ1n) is 9.03. The maximum absolute atomic E-state index is 13.2. The van der Waals surface area contributed by atoms with Crippen LogP contribution in [0.2, 0.25) is 0 Å². The van der Waals surface area contributed by atoms with Gasteiger partial charge in [0.25, 0.3) is 0 Å². The van der Waals surface area contributed by atoms with Crippen molar-refractivity contribution in [1.82, 2.24) is 4.72 Å². The summed E-state index contributed by atoms with van der Waals surface area (Å²) in [5.41, 5.74) is 3.07. The summed E-state index contributed by atoms with van der Waals surface area (Å²) in [5, 5.41) is 2.76. The van der Waals surface area contributed by atoms with Gasteiger partial charge >= 0.3 is 0 Å². The van der Waals surface area contributed by atoms with Crippen molar-refractivity contribution in [1.29, 1.82) is 0 Å². The summed E-state index contributed by atoms with van der Waals surface area (Å²) in [7, 11) is -3.81. The molecule has 0 unspecified atom stereocenters. The molecule has 3 aromatic carbocycles. The van der Waals surface area contributed by atoms with Crippen LogP contribution in [0.15, 0.2) is 83.8 Å². The van der Waals surface area contributed by atoms with Crippen LogP contribution in [0.4, 0.5) is 5.69 Å². The van der Waals surface area contributed by atoms with Gasteiger partial charge in [0.1, 0.15) is 0 Å². The molecule has 0 radical (unpaired) electrons. The van der Waals surface area contributed by atoms with E-state index in [0.717, 1.165) is 11.1 Å². The molecule has 0 aliphatic carbocycles. The molecule has 0 saturated heterocycles. The summed E-state index contributed by atoms with van der Waals surface area (Å²) >= 11 is 0. The number of sulfonamides is 1. The Kier molecular flexibility index (Phi) is 4.75. The van der Waals surface area contributed by atoms with Crippen LogP contribution >= 0.6 is 0 Å². The van der Waals surface area contributed by atoms with Crippen molar-refractivity contribution < 1.29 is 13.2 Å². The molecule has 1 atom stereocenters. The quantitative estimate of drug-likeness (QED) is 0.693. The second-order valence-corrected chi connectivity index (χ2v) is 8.55. The normalized spacial score (nSPS) is 16.1. The van der Waals surface area contributed by atoms with Crippen LogP contribution in [0.1, 0.15) is 35.6 Å². The van der Waals surface area contributed by atoms with Crippen LogP contribution in [-0.2, 0) is 14.8 Å². The van der Waals surface area contributed by atoms with Gasteiger partial charge in [-0.3, -0.25) is 4.79 Å². The molecule has 1 aliphatic rings. The van der Waals surface area contributed by atoms with Crippen LogP contribution in [0.25, 0.3) is 0 Å². The molecule has 28 heavy (non-hydrogen) atoms. The summed E-state index contributed by atoms with van der Waals surface area (Å²) in [6.07, 6.45) is 0. The highest BCUT2D eigenvalue weighted by Crippen LogP contribution is 2.34. The maximum atomic E-state index is 13.2. The molecule has 1 amide bonds. The van der Waals surface area contributed by atoms with Gasteiger partial charge in [-0.25, -0.2) is 8.42 Å². The van der Waals surface area contributed by atoms with Crippen LogP contribution in [-0.4, -0.2) is 14.3 Å². The summed E-state index contributed by atoms with van der Waals surface area (Å²) in [6, 6.07) is 23.1. The fourth-order valence-electron chi connectivity index (χ4n) is 3.40. The zero-order valence-corrected chi connectivity index (χ0v) is 16.1. The van der Waals surface area contributed by atoms with Gasteiger partial charge in [0, 0.05) is 5.69 Å². The van der Waals surface area contributed by atoms with Crippen LogP contribution < -0.4 is 10.0 Å². The Morgan fingerprint density at radius 1 is 0.893 bits per heavy atom. The molecule has 1 heterocycles. The van der Waals surface area contributed by atoms with Crippen molar-refractivity contribution in [2.45, 2.75) is 23.8 Å². The summed E-state index contributed by atoms with van der Waals surface area (Å²) < 4.78 is 29.1. The van der Waals surface area contributed by atoms with E-state index in [1.807, 2.05) is 60.7 Å². The van der Waals surface area contributed by atoms with E-state index in [1.165, 1.54) is 6.07 Å². The Balaban J connectivity index is 1.72. The Hall–Kier alpha value is -2.96. The fourth-order valence-corrected chi connectivity index (χ4v) is 4.65. The zero-order valence-electron chi connectivity index (χ0n) is 15.3. The average Bonchev–Trinajstić information content (AvgIpc) is 3.01. The second kappa shape index (κ2) is 7.22. The molecule has 1 aliphatic heterocycles.